The van der Waals surface area contributed by atoms with Crippen molar-refractivity contribution in [2.75, 3.05) is 11.1 Å². The van der Waals surface area contributed by atoms with Gasteiger partial charge in [0.25, 0.3) is 5.91 Å². The maximum Gasteiger partial charge on any atom is 0.253 e. The molecule has 0 saturated carbocycles. The molecule has 0 aliphatic carbocycles. The molecule has 1 heterocycles. The van der Waals surface area contributed by atoms with Gasteiger partial charge in [0.15, 0.2) is 11.0 Å². The molecule has 3 aromatic rings. The van der Waals surface area contributed by atoms with E-state index in [-0.39, 0.29) is 17.6 Å². The molecule has 0 aliphatic rings. The summed E-state index contributed by atoms with van der Waals surface area (Å²) in [6, 6.07) is 11.2. The molecule has 7 nitrogen and oxygen atoms in total. The van der Waals surface area contributed by atoms with E-state index < -0.39 is 6.04 Å². The number of benzene rings is 2. The zero-order chi connectivity index (χ0) is 23.3. The summed E-state index contributed by atoms with van der Waals surface area (Å²) < 4.78 is 1.85. The molecule has 0 saturated heterocycles. The van der Waals surface area contributed by atoms with Gasteiger partial charge in [-0.3, -0.25) is 9.59 Å². The number of carbonyl (C=O) groups is 2. The number of hydrogen-bond acceptors (Lipinski definition) is 5. The van der Waals surface area contributed by atoms with Crippen LogP contribution in [-0.2, 0) is 11.3 Å². The number of aromatic nitrogens is 3. The Morgan fingerprint density at radius 1 is 1.09 bits per heavy atom. The number of anilines is 1. The first-order valence-electron chi connectivity index (χ1n) is 9.65. The topological polar surface area (TPSA) is 88.9 Å². The summed E-state index contributed by atoms with van der Waals surface area (Å²) in [5.74, 6) is 0.156. The number of carbonyl (C=O) groups excluding carboxylic acids is 2. The highest BCUT2D eigenvalue weighted by Gasteiger charge is 2.21. The number of hydrogen-bond donors (Lipinski definition) is 2. The lowest BCUT2D eigenvalue weighted by atomic mass is 10.2. The molecule has 168 valence electrons. The Morgan fingerprint density at radius 2 is 1.78 bits per heavy atom. The third-order valence-corrected chi connectivity index (χ3v) is 6.13. The number of halogens is 3. The predicted octanol–water partition coefficient (Wildman–Crippen LogP) is 5.48. The first-order valence-corrected chi connectivity index (χ1v) is 11.8. The highest BCUT2D eigenvalue weighted by atomic mass is 35.5. The van der Waals surface area contributed by atoms with Crippen LogP contribution in [0, 0.1) is 0 Å². The maximum atomic E-state index is 12.6. The number of nitrogens with one attached hydrogen (secondary N) is 2. The van der Waals surface area contributed by atoms with Gasteiger partial charge < -0.3 is 15.2 Å². The molecule has 3 rings (SSSR count). The van der Waals surface area contributed by atoms with Crippen molar-refractivity contribution in [3.8, 4) is 0 Å². The van der Waals surface area contributed by atoms with E-state index in [1.807, 2.05) is 18.4 Å². The fourth-order valence-corrected chi connectivity index (χ4v) is 4.52. The summed E-state index contributed by atoms with van der Waals surface area (Å²) in [6.07, 6.45) is 0. The second-order valence-corrected chi connectivity index (χ2v) is 8.98. The van der Waals surface area contributed by atoms with E-state index in [2.05, 4.69) is 20.8 Å². The molecule has 0 bridgehead atoms. The van der Waals surface area contributed by atoms with Gasteiger partial charge in [0, 0.05) is 22.3 Å². The molecule has 11 heteroatoms. The van der Waals surface area contributed by atoms with Crippen molar-refractivity contribution in [3.63, 3.8) is 0 Å². The second kappa shape index (κ2) is 11.0. The molecule has 2 amide bonds. The molecule has 0 fully saturated rings. The van der Waals surface area contributed by atoms with Gasteiger partial charge in [-0.1, -0.05) is 58.7 Å². The maximum absolute atomic E-state index is 12.6. The molecule has 1 atom stereocenters. The van der Waals surface area contributed by atoms with Crippen LogP contribution in [0.15, 0.2) is 47.6 Å². The summed E-state index contributed by atoms with van der Waals surface area (Å²) in [7, 11) is 0. The minimum atomic E-state index is -0.414. The summed E-state index contributed by atoms with van der Waals surface area (Å²) in [5, 5.41) is 15.9. The van der Waals surface area contributed by atoms with Gasteiger partial charge in [0.05, 0.1) is 22.4 Å². The molecule has 32 heavy (non-hydrogen) atoms. The lowest BCUT2D eigenvalue weighted by Gasteiger charge is -2.15. The van der Waals surface area contributed by atoms with Crippen LogP contribution in [0.25, 0.3) is 0 Å². The molecular weight excluding hydrogens is 493 g/mol. The summed E-state index contributed by atoms with van der Waals surface area (Å²) >= 11 is 19.3. The Hall–Kier alpha value is -2.26. The summed E-state index contributed by atoms with van der Waals surface area (Å²) in [6.45, 7) is 4.32. The molecule has 0 aliphatic heterocycles. The third kappa shape index (κ3) is 6.16. The zero-order valence-corrected chi connectivity index (χ0v) is 20.3. The Kier molecular flexibility index (Phi) is 8.42. The zero-order valence-electron chi connectivity index (χ0n) is 17.2. The van der Waals surface area contributed by atoms with E-state index in [9.17, 15) is 9.59 Å². The molecule has 2 N–H and O–H groups in total. The van der Waals surface area contributed by atoms with Crippen LogP contribution in [0.3, 0.4) is 0 Å². The highest BCUT2D eigenvalue weighted by Crippen LogP contribution is 2.24. The fraction of sp³-hybridized carbons (Fsp3) is 0.238. The normalized spacial score (nSPS) is 11.8. The van der Waals surface area contributed by atoms with Crippen LogP contribution in [-0.4, -0.2) is 32.3 Å². The van der Waals surface area contributed by atoms with E-state index in [0.29, 0.717) is 43.8 Å². The molecule has 1 aromatic heterocycles. The minimum Gasteiger partial charge on any atom is -0.342 e. The summed E-state index contributed by atoms with van der Waals surface area (Å²) in [5.41, 5.74) is 0.901. The Labute approximate surface area is 204 Å². The molecule has 2 aromatic carbocycles. The van der Waals surface area contributed by atoms with Gasteiger partial charge in [-0.2, -0.15) is 0 Å². The van der Waals surface area contributed by atoms with Crippen LogP contribution in [0.1, 0.15) is 36.1 Å². The van der Waals surface area contributed by atoms with Gasteiger partial charge in [0.2, 0.25) is 5.91 Å². The molecule has 0 spiro atoms. The van der Waals surface area contributed by atoms with Crippen LogP contribution in [0.4, 0.5) is 5.69 Å². The minimum absolute atomic E-state index is 0.114. The van der Waals surface area contributed by atoms with Gasteiger partial charge >= 0.3 is 0 Å². The van der Waals surface area contributed by atoms with Crippen molar-refractivity contribution < 1.29 is 9.59 Å². The van der Waals surface area contributed by atoms with Crippen molar-refractivity contribution in [1.29, 1.82) is 0 Å². The van der Waals surface area contributed by atoms with E-state index in [1.165, 1.54) is 11.8 Å². The van der Waals surface area contributed by atoms with Gasteiger partial charge in [-0.25, -0.2) is 0 Å². The van der Waals surface area contributed by atoms with Gasteiger partial charge in [-0.05, 0) is 44.2 Å². The average Bonchev–Trinajstić information content (AvgIpc) is 3.14. The molecule has 0 unspecified atom stereocenters. The SMILES string of the molecule is CCn1c(SCC(=O)Nc2cc(Cl)cc(Cl)c2)nnc1[C@H](C)NC(=O)c1ccccc1Cl. The third-order valence-electron chi connectivity index (χ3n) is 4.39. The van der Waals surface area contributed by atoms with Gasteiger partial charge in [0.1, 0.15) is 0 Å². The van der Waals surface area contributed by atoms with Crippen LogP contribution >= 0.6 is 46.6 Å². The number of nitrogens with zero attached hydrogens (tertiary/aromatic N) is 3. The van der Waals surface area contributed by atoms with Crippen molar-refractivity contribution in [1.82, 2.24) is 20.1 Å². The van der Waals surface area contributed by atoms with Crippen LogP contribution in [0.2, 0.25) is 15.1 Å². The van der Waals surface area contributed by atoms with Gasteiger partial charge in [-0.15, -0.1) is 10.2 Å². The van der Waals surface area contributed by atoms with Crippen molar-refractivity contribution in [2.45, 2.75) is 31.6 Å². The van der Waals surface area contributed by atoms with Crippen molar-refractivity contribution >= 4 is 64.1 Å². The van der Waals surface area contributed by atoms with Crippen molar-refractivity contribution in [2.24, 2.45) is 0 Å². The fourth-order valence-electron chi connectivity index (χ4n) is 2.96. The molecular formula is C21H20Cl3N5O2S. The standard InChI is InChI=1S/C21H20Cl3N5O2S/c1-3-29-19(12(2)25-20(31)16-6-4-5-7-17(16)24)27-28-21(29)32-11-18(30)26-15-9-13(22)8-14(23)10-15/h4-10,12H,3,11H2,1-2H3,(H,25,31)(H,26,30)/t12-/m0/s1. The van der Waals surface area contributed by atoms with Crippen LogP contribution < -0.4 is 10.6 Å². The Bertz CT molecular complexity index is 1120. The lowest BCUT2D eigenvalue weighted by Crippen LogP contribution is -2.29. The largest absolute Gasteiger partial charge is 0.342 e. The lowest BCUT2D eigenvalue weighted by molar-refractivity contribution is -0.113. The smallest absolute Gasteiger partial charge is 0.253 e. The Morgan fingerprint density at radius 3 is 2.44 bits per heavy atom. The predicted molar refractivity (Wildman–Crippen MR) is 129 cm³/mol. The quantitative estimate of drug-likeness (QED) is 0.390. The highest BCUT2D eigenvalue weighted by molar-refractivity contribution is 7.99. The number of amides is 2. The monoisotopic (exact) mass is 511 g/mol. The Balaban J connectivity index is 1.64. The van der Waals surface area contributed by atoms with Crippen LogP contribution in [0.5, 0.6) is 0 Å². The average molecular weight is 513 g/mol. The number of thioether (sulfide) groups is 1. The second-order valence-electron chi connectivity index (χ2n) is 6.76. The first-order chi connectivity index (χ1) is 15.3. The summed E-state index contributed by atoms with van der Waals surface area (Å²) in [4.78, 5) is 24.9. The van der Waals surface area contributed by atoms with E-state index in [1.54, 1.807) is 42.5 Å². The van der Waals surface area contributed by atoms with E-state index >= 15 is 0 Å². The number of rotatable bonds is 8. The van der Waals surface area contributed by atoms with Crippen molar-refractivity contribution in [3.05, 3.63) is 68.9 Å². The van der Waals surface area contributed by atoms with E-state index in [4.69, 9.17) is 34.8 Å². The molecule has 0 radical (unpaired) electrons. The first kappa shape index (κ1) is 24.4. The van der Waals surface area contributed by atoms with E-state index in [0.717, 1.165) is 0 Å².